The Morgan fingerprint density at radius 2 is 1.51 bits per heavy atom. The van der Waals surface area contributed by atoms with Crippen molar-refractivity contribution >= 4 is 27.5 Å². The van der Waals surface area contributed by atoms with Crippen molar-refractivity contribution in [3.05, 3.63) is 101 Å². The van der Waals surface area contributed by atoms with E-state index in [-0.39, 0.29) is 37.4 Å². The molecule has 7 nitrogen and oxygen atoms in total. The predicted octanol–water partition coefficient (Wildman–Crippen LogP) is 5.32. The minimum atomic E-state index is -3.56. The first-order valence-corrected chi connectivity index (χ1v) is 15.9. The van der Waals surface area contributed by atoms with Gasteiger partial charge in [-0.3, -0.25) is 13.9 Å². The summed E-state index contributed by atoms with van der Waals surface area (Å²) in [4.78, 5) is 29.0. The van der Waals surface area contributed by atoms with Crippen molar-refractivity contribution in [2.45, 2.75) is 72.5 Å². The van der Waals surface area contributed by atoms with Crippen LogP contribution in [-0.4, -0.2) is 50.0 Å². The monoisotopic (exact) mass is 577 g/mol. The number of rotatable bonds is 13. The van der Waals surface area contributed by atoms with Crippen LogP contribution in [0.1, 0.15) is 54.5 Å². The molecule has 41 heavy (non-hydrogen) atoms. The molecule has 0 fully saturated rings. The zero-order valence-corrected chi connectivity index (χ0v) is 25.9. The first kappa shape index (κ1) is 31.9. The molecule has 1 N–H and O–H groups in total. The van der Waals surface area contributed by atoms with E-state index in [2.05, 4.69) is 5.32 Å². The van der Waals surface area contributed by atoms with Crippen LogP contribution in [-0.2, 0) is 32.6 Å². The van der Waals surface area contributed by atoms with E-state index >= 15 is 0 Å². The Morgan fingerprint density at radius 1 is 0.854 bits per heavy atom. The van der Waals surface area contributed by atoms with E-state index < -0.39 is 16.1 Å². The molecule has 0 aliphatic carbocycles. The normalized spacial score (nSPS) is 12.2. The molecule has 2 amide bonds. The first-order chi connectivity index (χ1) is 19.3. The van der Waals surface area contributed by atoms with Crippen molar-refractivity contribution < 1.29 is 18.0 Å². The molecule has 220 valence electrons. The fourth-order valence-electron chi connectivity index (χ4n) is 4.71. The van der Waals surface area contributed by atoms with E-state index in [1.165, 1.54) is 10.6 Å². The first-order valence-electron chi connectivity index (χ1n) is 14.1. The topological polar surface area (TPSA) is 86.8 Å². The van der Waals surface area contributed by atoms with Crippen molar-refractivity contribution in [1.82, 2.24) is 10.2 Å². The van der Waals surface area contributed by atoms with Gasteiger partial charge in [0.25, 0.3) is 0 Å². The van der Waals surface area contributed by atoms with Crippen LogP contribution in [0.15, 0.2) is 72.8 Å². The van der Waals surface area contributed by atoms with E-state index in [4.69, 9.17) is 0 Å². The van der Waals surface area contributed by atoms with Gasteiger partial charge in [0.05, 0.1) is 11.9 Å². The Bertz CT molecular complexity index is 1420. The molecule has 0 spiro atoms. The number of aryl methyl sites for hydroxylation is 3. The van der Waals surface area contributed by atoms with Crippen molar-refractivity contribution in [2.24, 2.45) is 0 Å². The lowest BCUT2D eigenvalue weighted by Gasteiger charge is -2.32. The third kappa shape index (κ3) is 9.46. The van der Waals surface area contributed by atoms with E-state index in [0.717, 1.165) is 27.8 Å². The molecule has 0 unspecified atom stereocenters. The van der Waals surface area contributed by atoms with Gasteiger partial charge < -0.3 is 10.2 Å². The van der Waals surface area contributed by atoms with Crippen molar-refractivity contribution in [2.75, 3.05) is 17.1 Å². The number of benzene rings is 3. The van der Waals surface area contributed by atoms with Gasteiger partial charge in [-0.15, -0.1) is 0 Å². The Balaban J connectivity index is 1.88. The fraction of sp³-hybridized carbons (Fsp3) is 0.394. The van der Waals surface area contributed by atoms with E-state index in [9.17, 15) is 18.0 Å². The molecule has 0 heterocycles. The Labute approximate surface area is 245 Å². The number of nitrogens with zero attached hydrogens (tertiary/aromatic N) is 2. The summed E-state index contributed by atoms with van der Waals surface area (Å²) in [6, 6.07) is 22.3. The molecule has 3 aromatic carbocycles. The lowest BCUT2D eigenvalue weighted by atomic mass is 10.0. The second-order valence-electron chi connectivity index (χ2n) is 11.1. The van der Waals surface area contributed by atoms with Gasteiger partial charge in [0, 0.05) is 32.0 Å². The van der Waals surface area contributed by atoms with Crippen molar-refractivity contribution in [3.8, 4) is 0 Å². The summed E-state index contributed by atoms with van der Waals surface area (Å²) in [6.07, 6.45) is 1.96. The highest BCUT2D eigenvalue weighted by atomic mass is 32.2. The zero-order valence-electron chi connectivity index (χ0n) is 25.1. The quantitative estimate of drug-likeness (QED) is 0.298. The average Bonchev–Trinajstić information content (AvgIpc) is 2.90. The molecule has 8 heteroatoms. The molecule has 3 aromatic rings. The summed E-state index contributed by atoms with van der Waals surface area (Å²) in [5.74, 6) is -0.406. The predicted molar refractivity (Wildman–Crippen MR) is 166 cm³/mol. The third-order valence-electron chi connectivity index (χ3n) is 7.11. The summed E-state index contributed by atoms with van der Waals surface area (Å²) in [6.45, 7) is 10.2. The number of hydrogen-bond acceptors (Lipinski definition) is 4. The second kappa shape index (κ2) is 14.3. The van der Waals surface area contributed by atoms with Crippen LogP contribution < -0.4 is 9.62 Å². The molecular formula is C33H43N3O4S. The molecule has 0 aliphatic heterocycles. The number of hydrogen-bond donors (Lipinski definition) is 1. The molecule has 0 radical (unpaired) electrons. The van der Waals surface area contributed by atoms with Crippen LogP contribution in [0, 0.1) is 20.8 Å². The number of sulfonamides is 1. The molecular weight excluding hydrogens is 534 g/mol. The molecule has 1 atom stereocenters. The largest absolute Gasteiger partial charge is 0.352 e. The van der Waals surface area contributed by atoms with Crippen molar-refractivity contribution in [3.63, 3.8) is 0 Å². The molecule has 0 saturated carbocycles. The molecule has 0 aliphatic rings. The highest BCUT2D eigenvalue weighted by Gasteiger charge is 2.31. The van der Waals surface area contributed by atoms with Gasteiger partial charge in [0.2, 0.25) is 21.8 Å². The Hall–Kier alpha value is -3.65. The minimum absolute atomic E-state index is 0.0848. The molecule has 0 aromatic heterocycles. The maximum absolute atomic E-state index is 13.9. The van der Waals surface area contributed by atoms with Crippen LogP contribution >= 0.6 is 0 Å². The summed E-state index contributed by atoms with van der Waals surface area (Å²) in [7, 11) is -3.56. The molecule has 0 bridgehead atoms. The zero-order chi connectivity index (χ0) is 30.2. The SMILES string of the molecule is Cc1ccc(CN(C(=O)CCCN(c2ccc(C)c(C)c2)S(C)(=O)=O)[C@H](Cc2ccccc2)C(=O)NC(C)C)cc1. The van der Waals surface area contributed by atoms with Gasteiger partial charge >= 0.3 is 0 Å². The highest BCUT2D eigenvalue weighted by Crippen LogP contribution is 2.23. The fourth-order valence-corrected chi connectivity index (χ4v) is 5.67. The van der Waals surface area contributed by atoms with E-state index in [1.54, 1.807) is 11.0 Å². The van der Waals surface area contributed by atoms with Crippen LogP contribution in [0.3, 0.4) is 0 Å². The smallest absolute Gasteiger partial charge is 0.243 e. The summed E-state index contributed by atoms with van der Waals surface area (Å²) in [5.41, 5.74) is 5.64. The van der Waals surface area contributed by atoms with Crippen LogP contribution in [0.2, 0.25) is 0 Å². The van der Waals surface area contributed by atoms with Gasteiger partial charge in [0.15, 0.2) is 0 Å². The highest BCUT2D eigenvalue weighted by molar-refractivity contribution is 7.92. The van der Waals surface area contributed by atoms with Gasteiger partial charge in [-0.25, -0.2) is 8.42 Å². The van der Waals surface area contributed by atoms with E-state index in [1.807, 2.05) is 101 Å². The van der Waals surface area contributed by atoms with Crippen LogP contribution in [0.5, 0.6) is 0 Å². The Morgan fingerprint density at radius 3 is 2.10 bits per heavy atom. The number of carbonyl (C=O) groups is 2. The molecule has 0 saturated heterocycles. The lowest BCUT2D eigenvalue weighted by molar-refractivity contribution is -0.141. The number of amides is 2. The van der Waals surface area contributed by atoms with Gasteiger partial charge in [-0.05, 0) is 75.4 Å². The van der Waals surface area contributed by atoms with Gasteiger partial charge in [-0.1, -0.05) is 66.2 Å². The van der Waals surface area contributed by atoms with Crippen LogP contribution in [0.25, 0.3) is 0 Å². The molecule has 3 rings (SSSR count). The summed E-state index contributed by atoms with van der Waals surface area (Å²) < 4.78 is 26.7. The number of anilines is 1. The summed E-state index contributed by atoms with van der Waals surface area (Å²) in [5, 5.41) is 3.00. The maximum atomic E-state index is 13.9. The van der Waals surface area contributed by atoms with Gasteiger partial charge in [0.1, 0.15) is 6.04 Å². The number of carbonyl (C=O) groups excluding carboxylic acids is 2. The van der Waals surface area contributed by atoms with Gasteiger partial charge in [-0.2, -0.15) is 0 Å². The van der Waals surface area contributed by atoms with Crippen molar-refractivity contribution in [1.29, 1.82) is 0 Å². The van der Waals surface area contributed by atoms with E-state index in [0.29, 0.717) is 18.5 Å². The minimum Gasteiger partial charge on any atom is -0.352 e. The maximum Gasteiger partial charge on any atom is 0.243 e. The average molecular weight is 578 g/mol. The standard InChI is InChI=1S/C33H43N3O4S/c1-24(2)34-33(38)31(22-28-11-8-7-9-12-28)35(23-29-17-14-25(3)15-18-29)32(37)13-10-20-36(41(6,39)40)30-19-16-26(4)27(5)21-30/h7-9,11-12,14-19,21,24,31H,10,13,20,22-23H2,1-6H3,(H,34,38)/t31-/m1/s1. The second-order valence-corrected chi connectivity index (χ2v) is 13.0. The summed E-state index contributed by atoms with van der Waals surface area (Å²) >= 11 is 0. The van der Waals surface area contributed by atoms with Crippen LogP contribution in [0.4, 0.5) is 5.69 Å². The Kier molecular flexibility index (Phi) is 11.1. The lowest BCUT2D eigenvalue weighted by Crippen LogP contribution is -2.51. The third-order valence-corrected chi connectivity index (χ3v) is 8.30. The number of nitrogens with one attached hydrogen (secondary N) is 1.